The number of hydrogen-bond acceptors (Lipinski definition) is 1. The molecule has 2 rings (SSSR count). The lowest BCUT2D eigenvalue weighted by atomic mass is 9.96. The second-order valence-electron chi connectivity index (χ2n) is 5.32. The minimum atomic E-state index is -0.532. The SMILES string of the molecule is CCCc1cccc(C(O)c2cc(C)cc(C)c2)c1. The molecule has 1 unspecified atom stereocenters. The summed E-state index contributed by atoms with van der Waals surface area (Å²) in [6, 6.07) is 14.5. The van der Waals surface area contributed by atoms with Gasteiger partial charge in [0.05, 0.1) is 0 Å². The first kappa shape index (κ1) is 13.8. The van der Waals surface area contributed by atoms with Gasteiger partial charge in [0.25, 0.3) is 0 Å². The van der Waals surface area contributed by atoms with Crippen LogP contribution >= 0.6 is 0 Å². The van der Waals surface area contributed by atoms with Gasteiger partial charge in [0.15, 0.2) is 0 Å². The van der Waals surface area contributed by atoms with Crippen LogP contribution in [0.15, 0.2) is 42.5 Å². The Hall–Kier alpha value is -1.60. The molecule has 0 aliphatic rings. The Kier molecular flexibility index (Phi) is 4.39. The summed E-state index contributed by atoms with van der Waals surface area (Å²) in [6.45, 7) is 6.31. The fourth-order valence-electron chi connectivity index (χ4n) is 2.57. The van der Waals surface area contributed by atoms with Crippen LogP contribution < -0.4 is 0 Å². The van der Waals surface area contributed by atoms with E-state index in [0.29, 0.717) is 0 Å². The van der Waals surface area contributed by atoms with Crippen LogP contribution in [0.2, 0.25) is 0 Å². The fraction of sp³-hybridized carbons (Fsp3) is 0.333. The average Bonchev–Trinajstić information content (AvgIpc) is 2.37. The molecule has 0 fully saturated rings. The van der Waals surface area contributed by atoms with E-state index in [2.05, 4.69) is 51.1 Å². The molecule has 0 radical (unpaired) electrons. The third kappa shape index (κ3) is 3.45. The minimum Gasteiger partial charge on any atom is -0.384 e. The van der Waals surface area contributed by atoms with Gasteiger partial charge in [-0.05, 0) is 37.0 Å². The van der Waals surface area contributed by atoms with Crippen LogP contribution in [-0.4, -0.2) is 5.11 Å². The zero-order valence-electron chi connectivity index (χ0n) is 12.0. The van der Waals surface area contributed by atoms with Gasteiger partial charge in [0, 0.05) is 0 Å². The van der Waals surface area contributed by atoms with Crippen LogP contribution in [0.5, 0.6) is 0 Å². The van der Waals surface area contributed by atoms with Crippen LogP contribution in [0.4, 0.5) is 0 Å². The summed E-state index contributed by atoms with van der Waals surface area (Å²) >= 11 is 0. The van der Waals surface area contributed by atoms with E-state index in [1.165, 1.54) is 16.7 Å². The predicted molar refractivity (Wildman–Crippen MR) is 80.4 cm³/mol. The zero-order chi connectivity index (χ0) is 13.8. The lowest BCUT2D eigenvalue weighted by molar-refractivity contribution is 0.220. The quantitative estimate of drug-likeness (QED) is 0.860. The van der Waals surface area contributed by atoms with E-state index in [9.17, 15) is 5.11 Å². The third-order valence-electron chi connectivity index (χ3n) is 3.37. The van der Waals surface area contributed by atoms with Gasteiger partial charge < -0.3 is 5.11 Å². The van der Waals surface area contributed by atoms with Crippen molar-refractivity contribution in [3.63, 3.8) is 0 Å². The van der Waals surface area contributed by atoms with Crippen LogP contribution in [0.3, 0.4) is 0 Å². The van der Waals surface area contributed by atoms with Gasteiger partial charge in [-0.2, -0.15) is 0 Å². The van der Waals surface area contributed by atoms with E-state index in [0.717, 1.165) is 24.0 Å². The minimum absolute atomic E-state index is 0.532. The molecular weight excluding hydrogens is 232 g/mol. The highest BCUT2D eigenvalue weighted by Crippen LogP contribution is 2.24. The van der Waals surface area contributed by atoms with Crippen LogP contribution in [0.25, 0.3) is 0 Å². The van der Waals surface area contributed by atoms with Gasteiger partial charge >= 0.3 is 0 Å². The summed E-state index contributed by atoms with van der Waals surface area (Å²) in [6.07, 6.45) is 1.66. The van der Waals surface area contributed by atoms with E-state index >= 15 is 0 Å². The van der Waals surface area contributed by atoms with Crippen LogP contribution in [-0.2, 0) is 6.42 Å². The van der Waals surface area contributed by atoms with Crippen molar-refractivity contribution in [1.29, 1.82) is 0 Å². The van der Waals surface area contributed by atoms with Crippen molar-refractivity contribution in [1.82, 2.24) is 0 Å². The Morgan fingerprint density at radius 3 is 2.26 bits per heavy atom. The van der Waals surface area contributed by atoms with Crippen LogP contribution in [0.1, 0.15) is 47.3 Å². The maximum Gasteiger partial charge on any atom is 0.104 e. The number of aliphatic hydroxyl groups excluding tert-OH is 1. The average molecular weight is 254 g/mol. The Balaban J connectivity index is 2.32. The number of aliphatic hydroxyl groups is 1. The summed E-state index contributed by atoms with van der Waals surface area (Å²) in [5, 5.41) is 10.5. The summed E-state index contributed by atoms with van der Waals surface area (Å²) in [5.74, 6) is 0. The highest BCUT2D eigenvalue weighted by Gasteiger charge is 2.11. The van der Waals surface area contributed by atoms with Crippen molar-refractivity contribution in [3.8, 4) is 0 Å². The molecular formula is C18H22O. The lowest BCUT2D eigenvalue weighted by Crippen LogP contribution is -2.01. The van der Waals surface area contributed by atoms with Crippen molar-refractivity contribution < 1.29 is 5.11 Å². The van der Waals surface area contributed by atoms with Crippen molar-refractivity contribution in [2.75, 3.05) is 0 Å². The second kappa shape index (κ2) is 6.03. The summed E-state index contributed by atoms with van der Waals surface area (Å²) in [5.41, 5.74) is 5.64. The molecule has 2 aromatic carbocycles. The van der Waals surface area contributed by atoms with Gasteiger partial charge in [-0.15, -0.1) is 0 Å². The molecule has 0 amide bonds. The van der Waals surface area contributed by atoms with Gasteiger partial charge in [0.1, 0.15) is 6.10 Å². The molecule has 1 heteroatoms. The highest BCUT2D eigenvalue weighted by atomic mass is 16.3. The molecule has 0 aliphatic carbocycles. The first-order valence-electron chi connectivity index (χ1n) is 6.95. The normalized spacial score (nSPS) is 12.4. The van der Waals surface area contributed by atoms with Crippen LogP contribution in [0, 0.1) is 13.8 Å². The summed E-state index contributed by atoms with van der Waals surface area (Å²) < 4.78 is 0. The Morgan fingerprint density at radius 1 is 0.947 bits per heavy atom. The molecule has 1 atom stereocenters. The second-order valence-corrected chi connectivity index (χ2v) is 5.32. The molecule has 100 valence electrons. The van der Waals surface area contributed by atoms with Crippen molar-refractivity contribution >= 4 is 0 Å². The molecule has 0 saturated carbocycles. The van der Waals surface area contributed by atoms with E-state index in [1.807, 2.05) is 12.1 Å². The van der Waals surface area contributed by atoms with E-state index in [4.69, 9.17) is 0 Å². The van der Waals surface area contributed by atoms with Crippen molar-refractivity contribution in [3.05, 3.63) is 70.3 Å². The van der Waals surface area contributed by atoms with E-state index in [1.54, 1.807) is 0 Å². The largest absolute Gasteiger partial charge is 0.384 e. The third-order valence-corrected chi connectivity index (χ3v) is 3.37. The molecule has 1 nitrogen and oxygen atoms in total. The van der Waals surface area contributed by atoms with Gasteiger partial charge in [0.2, 0.25) is 0 Å². The lowest BCUT2D eigenvalue weighted by Gasteiger charge is -2.14. The van der Waals surface area contributed by atoms with Crippen molar-refractivity contribution in [2.24, 2.45) is 0 Å². The number of aryl methyl sites for hydroxylation is 3. The fourth-order valence-corrected chi connectivity index (χ4v) is 2.57. The molecule has 0 heterocycles. The number of rotatable bonds is 4. The monoisotopic (exact) mass is 254 g/mol. The first-order valence-corrected chi connectivity index (χ1v) is 6.95. The maximum absolute atomic E-state index is 10.5. The van der Waals surface area contributed by atoms with E-state index in [-0.39, 0.29) is 0 Å². The molecule has 1 N–H and O–H groups in total. The zero-order valence-corrected chi connectivity index (χ0v) is 12.0. The van der Waals surface area contributed by atoms with Gasteiger partial charge in [-0.3, -0.25) is 0 Å². The van der Waals surface area contributed by atoms with Gasteiger partial charge in [-0.1, -0.05) is 66.9 Å². The molecule has 0 spiro atoms. The van der Waals surface area contributed by atoms with Gasteiger partial charge in [-0.25, -0.2) is 0 Å². The standard InChI is InChI=1S/C18H22O/c1-4-6-15-7-5-8-16(12-15)18(19)17-10-13(2)9-14(3)11-17/h5,7-12,18-19H,4,6H2,1-3H3. The molecule has 0 aromatic heterocycles. The Bertz CT molecular complexity index is 537. The number of hydrogen-bond donors (Lipinski definition) is 1. The Labute approximate surface area is 115 Å². The summed E-state index contributed by atoms with van der Waals surface area (Å²) in [4.78, 5) is 0. The molecule has 19 heavy (non-hydrogen) atoms. The predicted octanol–water partition coefficient (Wildman–Crippen LogP) is 4.34. The highest BCUT2D eigenvalue weighted by molar-refractivity contribution is 5.36. The molecule has 0 aliphatic heterocycles. The molecule has 0 saturated heterocycles. The maximum atomic E-state index is 10.5. The smallest absolute Gasteiger partial charge is 0.104 e. The van der Waals surface area contributed by atoms with Crippen molar-refractivity contribution in [2.45, 2.75) is 39.7 Å². The number of benzene rings is 2. The summed E-state index contributed by atoms with van der Waals surface area (Å²) in [7, 11) is 0. The topological polar surface area (TPSA) is 20.2 Å². The molecule has 2 aromatic rings. The van der Waals surface area contributed by atoms with E-state index < -0.39 is 6.10 Å². The molecule has 0 bridgehead atoms. The Morgan fingerprint density at radius 2 is 1.63 bits per heavy atom. The first-order chi connectivity index (χ1) is 9.10.